The third kappa shape index (κ3) is 3.68. The van der Waals surface area contributed by atoms with Crippen molar-refractivity contribution in [3.05, 3.63) is 47.0 Å². The summed E-state index contributed by atoms with van der Waals surface area (Å²) >= 11 is 6.28. The van der Waals surface area contributed by atoms with Crippen molar-refractivity contribution in [2.75, 3.05) is 14.2 Å². The van der Waals surface area contributed by atoms with Gasteiger partial charge in [0.05, 0.1) is 14.2 Å². The van der Waals surface area contributed by atoms with E-state index in [2.05, 4.69) is 38.2 Å². The van der Waals surface area contributed by atoms with E-state index in [0.29, 0.717) is 0 Å². The molecule has 0 amide bonds. The van der Waals surface area contributed by atoms with E-state index in [1.54, 1.807) is 14.2 Å². The van der Waals surface area contributed by atoms with Crippen molar-refractivity contribution in [3.8, 4) is 11.5 Å². The van der Waals surface area contributed by atoms with Crippen molar-refractivity contribution in [2.45, 2.75) is 32.9 Å². The van der Waals surface area contributed by atoms with Gasteiger partial charge in [-0.25, -0.2) is 0 Å². The fraction of sp³-hybridized carbons (Fsp3) is 0.333. The molecule has 0 aromatic heterocycles. The fourth-order valence-corrected chi connectivity index (χ4v) is 3.21. The second-order valence-corrected chi connectivity index (χ2v) is 7.69. The third-order valence-corrected chi connectivity index (χ3v) is 4.55. The van der Waals surface area contributed by atoms with Crippen molar-refractivity contribution in [1.29, 1.82) is 0 Å². The van der Waals surface area contributed by atoms with Crippen molar-refractivity contribution in [2.24, 2.45) is 0 Å². The smallest absolute Gasteiger partial charge is 0.161 e. The van der Waals surface area contributed by atoms with Gasteiger partial charge in [0.1, 0.15) is 0 Å². The van der Waals surface area contributed by atoms with Gasteiger partial charge in [-0.3, -0.25) is 0 Å². The molecule has 0 radical (unpaired) electrons. The highest BCUT2D eigenvalue weighted by molar-refractivity contribution is 6.32. The zero-order chi connectivity index (χ0) is 18.2. The number of hydrogen-bond acceptors (Lipinski definition) is 3. The Labute approximate surface area is 153 Å². The Morgan fingerprint density at radius 1 is 0.880 bits per heavy atom. The number of methoxy groups -OCH3 is 2. The predicted octanol–water partition coefficient (Wildman–Crippen LogP) is 5.55. The Morgan fingerprint density at radius 3 is 2.20 bits per heavy atom. The predicted molar refractivity (Wildman–Crippen MR) is 106 cm³/mol. The molecule has 0 aliphatic carbocycles. The molecule has 0 bridgehead atoms. The van der Waals surface area contributed by atoms with Gasteiger partial charge in [0.2, 0.25) is 0 Å². The molecule has 0 atom stereocenters. The van der Waals surface area contributed by atoms with Gasteiger partial charge in [-0.15, -0.1) is 0 Å². The molecule has 0 spiro atoms. The van der Waals surface area contributed by atoms with Crippen LogP contribution in [0.1, 0.15) is 26.3 Å². The highest BCUT2D eigenvalue weighted by Gasteiger charge is 2.14. The average Bonchev–Trinajstić information content (AvgIpc) is 2.57. The minimum Gasteiger partial charge on any atom is -0.493 e. The summed E-state index contributed by atoms with van der Waals surface area (Å²) in [7, 11) is 3.31. The van der Waals surface area contributed by atoms with Crippen LogP contribution in [0.2, 0.25) is 5.02 Å². The van der Waals surface area contributed by atoms with E-state index in [1.807, 2.05) is 24.3 Å². The maximum Gasteiger partial charge on any atom is 0.161 e. The van der Waals surface area contributed by atoms with Gasteiger partial charge in [-0.2, -0.15) is 0 Å². The van der Waals surface area contributed by atoms with Crippen LogP contribution in [0.4, 0.5) is 0 Å². The largest absolute Gasteiger partial charge is 0.493 e. The van der Waals surface area contributed by atoms with Crippen LogP contribution in [-0.4, -0.2) is 19.8 Å². The van der Waals surface area contributed by atoms with Gasteiger partial charge in [0, 0.05) is 17.1 Å². The summed E-state index contributed by atoms with van der Waals surface area (Å²) in [6.45, 7) is 7.29. The monoisotopic (exact) mass is 357 g/mol. The highest BCUT2D eigenvalue weighted by atomic mass is 35.5. The van der Waals surface area contributed by atoms with Crippen molar-refractivity contribution >= 4 is 33.1 Å². The van der Waals surface area contributed by atoms with Gasteiger partial charge in [-0.05, 0) is 78.2 Å². The Bertz CT molecular complexity index is 929. The van der Waals surface area contributed by atoms with E-state index in [-0.39, 0.29) is 5.54 Å². The number of fused-ring (bicyclic) bond motifs is 3. The molecule has 0 aliphatic rings. The molecule has 132 valence electrons. The van der Waals surface area contributed by atoms with Crippen molar-refractivity contribution in [1.82, 2.24) is 5.32 Å². The standard InChI is InChI=1S/C21H24ClNO2/c1-21(2,3)23-12-14-8-13-9-19(24-4)20(25-5)11-17(13)18-10-15(22)6-7-16(14)18/h6-11,23H,12H2,1-5H3. The van der Waals surface area contributed by atoms with Crippen molar-refractivity contribution < 1.29 is 9.47 Å². The van der Waals surface area contributed by atoms with Crippen LogP contribution in [0.5, 0.6) is 11.5 Å². The van der Waals surface area contributed by atoms with E-state index in [9.17, 15) is 0 Å². The molecule has 0 fully saturated rings. The van der Waals surface area contributed by atoms with E-state index in [1.165, 1.54) is 10.9 Å². The molecule has 0 heterocycles. The van der Waals surface area contributed by atoms with Crippen LogP contribution in [-0.2, 0) is 6.54 Å². The summed E-state index contributed by atoms with van der Waals surface area (Å²) in [5.41, 5.74) is 1.28. The number of halogens is 1. The van der Waals surface area contributed by atoms with Crippen LogP contribution >= 0.6 is 11.6 Å². The van der Waals surface area contributed by atoms with Crippen LogP contribution in [0.15, 0.2) is 36.4 Å². The lowest BCUT2D eigenvalue weighted by Gasteiger charge is -2.22. The lowest BCUT2D eigenvalue weighted by molar-refractivity contribution is 0.356. The zero-order valence-electron chi connectivity index (χ0n) is 15.4. The minimum atomic E-state index is 0.0469. The Morgan fingerprint density at radius 2 is 1.56 bits per heavy atom. The Balaban J connectivity index is 2.28. The number of hydrogen-bond donors (Lipinski definition) is 1. The molecule has 3 rings (SSSR count). The molecular formula is C21H24ClNO2. The van der Waals surface area contributed by atoms with Gasteiger partial charge in [-0.1, -0.05) is 17.7 Å². The summed E-state index contributed by atoms with van der Waals surface area (Å²) in [5, 5.41) is 8.83. The molecule has 3 aromatic rings. The summed E-state index contributed by atoms with van der Waals surface area (Å²) in [6.07, 6.45) is 0. The average molecular weight is 358 g/mol. The van der Waals surface area contributed by atoms with E-state index in [0.717, 1.165) is 39.2 Å². The molecule has 25 heavy (non-hydrogen) atoms. The second-order valence-electron chi connectivity index (χ2n) is 7.26. The first-order valence-corrected chi connectivity index (χ1v) is 8.72. The maximum atomic E-state index is 6.28. The molecule has 0 aliphatic heterocycles. The lowest BCUT2D eigenvalue weighted by Crippen LogP contribution is -2.35. The Hall–Kier alpha value is -1.97. The van der Waals surface area contributed by atoms with Crippen LogP contribution in [0, 0.1) is 0 Å². The molecular weight excluding hydrogens is 334 g/mol. The first kappa shape index (κ1) is 17.8. The van der Waals surface area contributed by atoms with Crippen LogP contribution in [0.3, 0.4) is 0 Å². The normalized spacial score (nSPS) is 11.9. The quantitative estimate of drug-likeness (QED) is 0.621. The highest BCUT2D eigenvalue weighted by Crippen LogP contribution is 2.38. The number of nitrogens with one attached hydrogen (secondary N) is 1. The first-order chi connectivity index (χ1) is 11.8. The Kier molecular flexibility index (Phi) is 4.81. The molecule has 3 aromatic carbocycles. The summed E-state index contributed by atoms with van der Waals surface area (Å²) in [4.78, 5) is 0. The molecule has 4 heteroatoms. The molecule has 0 saturated heterocycles. The van der Waals surface area contributed by atoms with Gasteiger partial charge in [0.15, 0.2) is 11.5 Å². The van der Waals surface area contributed by atoms with Gasteiger partial charge < -0.3 is 14.8 Å². The summed E-state index contributed by atoms with van der Waals surface area (Å²) < 4.78 is 10.9. The number of ether oxygens (including phenoxy) is 2. The van der Waals surface area contributed by atoms with Crippen LogP contribution < -0.4 is 14.8 Å². The number of rotatable bonds is 4. The SMILES string of the molecule is COc1cc2cc(CNC(C)(C)C)c3ccc(Cl)cc3c2cc1OC. The van der Waals surface area contributed by atoms with E-state index >= 15 is 0 Å². The summed E-state index contributed by atoms with van der Waals surface area (Å²) in [6, 6.07) is 12.3. The second kappa shape index (κ2) is 6.74. The van der Waals surface area contributed by atoms with E-state index in [4.69, 9.17) is 21.1 Å². The zero-order valence-corrected chi connectivity index (χ0v) is 16.1. The van der Waals surface area contributed by atoms with Gasteiger partial charge >= 0.3 is 0 Å². The van der Waals surface area contributed by atoms with E-state index < -0.39 is 0 Å². The molecule has 3 nitrogen and oxygen atoms in total. The molecule has 1 N–H and O–H groups in total. The fourth-order valence-electron chi connectivity index (χ4n) is 3.04. The molecule has 0 unspecified atom stereocenters. The maximum absolute atomic E-state index is 6.28. The van der Waals surface area contributed by atoms with Gasteiger partial charge in [0.25, 0.3) is 0 Å². The third-order valence-electron chi connectivity index (χ3n) is 4.31. The van der Waals surface area contributed by atoms with Crippen molar-refractivity contribution in [3.63, 3.8) is 0 Å². The summed E-state index contributed by atoms with van der Waals surface area (Å²) in [5.74, 6) is 1.45. The minimum absolute atomic E-state index is 0.0469. The number of benzene rings is 3. The van der Waals surface area contributed by atoms with Crippen LogP contribution in [0.25, 0.3) is 21.5 Å². The first-order valence-electron chi connectivity index (χ1n) is 8.34. The lowest BCUT2D eigenvalue weighted by atomic mass is 9.96. The topological polar surface area (TPSA) is 30.5 Å². The molecule has 0 saturated carbocycles.